The van der Waals surface area contributed by atoms with Crippen molar-refractivity contribution >= 4 is 0 Å². The number of alkyl halides is 3. The lowest BCUT2D eigenvalue weighted by atomic mass is 10.1. The van der Waals surface area contributed by atoms with Gasteiger partial charge in [0.2, 0.25) is 0 Å². The quantitative estimate of drug-likeness (QED) is 0.838. The Morgan fingerprint density at radius 2 is 1.57 bits per heavy atom. The summed E-state index contributed by atoms with van der Waals surface area (Å²) in [4.78, 5) is 3.72. The lowest BCUT2D eigenvalue weighted by Crippen LogP contribution is -2.05. The van der Waals surface area contributed by atoms with E-state index in [-0.39, 0.29) is 11.9 Å². The number of hydrogen-bond donors (Lipinski definition) is 1. The van der Waals surface area contributed by atoms with E-state index in [1.54, 1.807) is 45.0 Å². The maximum absolute atomic E-state index is 12.8. The van der Waals surface area contributed by atoms with E-state index in [1.807, 2.05) is 13.8 Å². The van der Waals surface area contributed by atoms with Gasteiger partial charge in [-0.2, -0.15) is 13.2 Å². The molecule has 0 saturated heterocycles. The maximum atomic E-state index is 12.8. The topological polar surface area (TPSA) is 38.1 Å². The zero-order valence-corrected chi connectivity index (χ0v) is 14.0. The highest BCUT2D eigenvalue weighted by atomic mass is 19.4. The molecule has 1 atom stereocenters. The van der Waals surface area contributed by atoms with Crippen molar-refractivity contribution in [1.82, 2.24) is 9.55 Å². The first-order chi connectivity index (χ1) is 10.7. The van der Waals surface area contributed by atoms with Crippen LogP contribution in [0.2, 0.25) is 0 Å². The van der Waals surface area contributed by atoms with E-state index in [1.165, 1.54) is 4.57 Å². The van der Waals surface area contributed by atoms with Crippen LogP contribution < -0.4 is 0 Å². The van der Waals surface area contributed by atoms with E-state index in [0.717, 1.165) is 6.20 Å². The lowest BCUT2D eigenvalue weighted by Gasteiger charge is -2.12. The molecular formula is C17H23F3N2O. The van der Waals surface area contributed by atoms with Crippen molar-refractivity contribution in [2.45, 2.75) is 52.9 Å². The molecule has 128 valence electrons. The number of aliphatic hydroxyl groups excluding tert-OH is 1. The largest absolute Gasteiger partial charge is 0.434 e. The summed E-state index contributed by atoms with van der Waals surface area (Å²) in [5.41, 5.74) is 0.395. The average Bonchev–Trinajstić information content (AvgIpc) is 2.95. The van der Waals surface area contributed by atoms with Crippen LogP contribution in [0.1, 0.15) is 58.0 Å². The number of hydrogen-bond acceptors (Lipinski definition) is 2. The Bertz CT molecular complexity index is 614. The summed E-state index contributed by atoms with van der Waals surface area (Å²) < 4.78 is 40.0. The van der Waals surface area contributed by atoms with E-state index in [4.69, 9.17) is 0 Å². The molecule has 1 aromatic carbocycles. The van der Waals surface area contributed by atoms with Crippen molar-refractivity contribution in [3.8, 4) is 11.4 Å². The first-order valence-electron chi connectivity index (χ1n) is 7.64. The first-order valence-corrected chi connectivity index (χ1v) is 7.64. The maximum Gasteiger partial charge on any atom is 0.434 e. The van der Waals surface area contributed by atoms with Crippen molar-refractivity contribution in [2.75, 3.05) is 0 Å². The van der Waals surface area contributed by atoms with Crippen LogP contribution in [0.3, 0.4) is 0 Å². The number of nitrogens with zero attached hydrogens (tertiary/aromatic N) is 2. The van der Waals surface area contributed by atoms with Crippen LogP contribution in [0.25, 0.3) is 11.4 Å². The standard InChI is InChI=1S/C15H17F3N2O.C2H6/c1-9(2)20-8-13(15(16,17)18)19-14(20)12-6-4-11(5-7-12)10(3)21;1-2/h4-10,21H,1-3H3;1-2H3. The Labute approximate surface area is 134 Å². The van der Waals surface area contributed by atoms with E-state index < -0.39 is 18.0 Å². The number of benzene rings is 1. The molecule has 0 fully saturated rings. The predicted molar refractivity (Wildman–Crippen MR) is 85.0 cm³/mol. The highest BCUT2D eigenvalue weighted by Crippen LogP contribution is 2.32. The smallest absolute Gasteiger partial charge is 0.389 e. The van der Waals surface area contributed by atoms with Gasteiger partial charge in [0, 0.05) is 17.8 Å². The molecule has 1 heterocycles. The molecule has 0 spiro atoms. The SMILES string of the molecule is CC.CC(O)c1ccc(-c2nc(C(F)(F)F)cn2C(C)C)cc1. The van der Waals surface area contributed by atoms with Gasteiger partial charge in [-0.25, -0.2) is 4.98 Å². The average molecular weight is 328 g/mol. The minimum Gasteiger partial charge on any atom is -0.389 e. The zero-order valence-electron chi connectivity index (χ0n) is 14.0. The third-order valence-corrected chi connectivity index (χ3v) is 3.23. The lowest BCUT2D eigenvalue weighted by molar-refractivity contribution is -0.140. The fourth-order valence-corrected chi connectivity index (χ4v) is 2.05. The van der Waals surface area contributed by atoms with Crippen LogP contribution in [0, 0.1) is 0 Å². The van der Waals surface area contributed by atoms with Crippen LogP contribution in [0.15, 0.2) is 30.5 Å². The van der Waals surface area contributed by atoms with Crippen LogP contribution >= 0.6 is 0 Å². The third-order valence-electron chi connectivity index (χ3n) is 3.23. The highest BCUT2D eigenvalue weighted by Gasteiger charge is 2.35. The molecule has 6 heteroatoms. The Hall–Kier alpha value is -1.82. The fraction of sp³-hybridized carbons (Fsp3) is 0.471. The van der Waals surface area contributed by atoms with Gasteiger partial charge in [0.25, 0.3) is 0 Å². The molecule has 0 saturated carbocycles. The van der Waals surface area contributed by atoms with Crippen LogP contribution in [0.5, 0.6) is 0 Å². The summed E-state index contributed by atoms with van der Waals surface area (Å²) in [5, 5.41) is 9.47. The molecule has 2 aromatic rings. The minimum absolute atomic E-state index is 0.139. The van der Waals surface area contributed by atoms with E-state index >= 15 is 0 Å². The Morgan fingerprint density at radius 1 is 1.04 bits per heavy atom. The van der Waals surface area contributed by atoms with E-state index in [0.29, 0.717) is 11.1 Å². The van der Waals surface area contributed by atoms with Crippen molar-refractivity contribution < 1.29 is 18.3 Å². The molecule has 23 heavy (non-hydrogen) atoms. The second kappa shape index (κ2) is 7.64. The van der Waals surface area contributed by atoms with Crippen molar-refractivity contribution in [3.63, 3.8) is 0 Å². The number of aromatic nitrogens is 2. The fourth-order valence-electron chi connectivity index (χ4n) is 2.05. The van der Waals surface area contributed by atoms with Crippen LogP contribution in [-0.2, 0) is 6.18 Å². The van der Waals surface area contributed by atoms with Gasteiger partial charge in [-0.05, 0) is 26.3 Å². The van der Waals surface area contributed by atoms with Crippen molar-refractivity contribution in [1.29, 1.82) is 0 Å². The number of halogens is 3. The molecular weight excluding hydrogens is 305 g/mol. The van der Waals surface area contributed by atoms with Gasteiger partial charge in [0.1, 0.15) is 5.82 Å². The molecule has 0 aliphatic rings. The van der Waals surface area contributed by atoms with Gasteiger partial charge < -0.3 is 9.67 Å². The number of rotatable bonds is 3. The molecule has 1 N–H and O–H groups in total. The molecule has 0 aliphatic carbocycles. The number of aliphatic hydroxyl groups is 1. The van der Waals surface area contributed by atoms with Gasteiger partial charge in [-0.1, -0.05) is 38.1 Å². The van der Waals surface area contributed by atoms with Gasteiger partial charge in [-0.3, -0.25) is 0 Å². The molecule has 2 rings (SSSR count). The van der Waals surface area contributed by atoms with Crippen LogP contribution in [0.4, 0.5) is 13.2 Å². The number of imidazole rings is 1. The van der Waals surface area contributed by atoms with Gasteiger partial charge in [0.05, 0.1) is 6.10 Å². The zero-order chi connectivity index (χ0) is 17.8. The summed E-state index contributed by atoms with van der Waals surface area (Å²) in [6, 6.07) is 6.58. The summed E-state index contributed by atoms with van der Waals surface area (Å²) >= 11 is 0. The molecule has 1 unspecified atom stereocenters. The summed E-state index contributed by atoms with van der Waals surface area (Å²) in [5.74, 6) is 0.273. The summed E-state index contributed by atoms with van der Waals surface area (Å²) in [6.07, 6.45) is -4.05. The van der Waals surface area contributed by atoms with E-state index in [9.17, 15) is 18.3 Å². The second-order valence-electron chi connectivity index (χ2n) is 5.25. The predicted octanol–water partition coefficient (Wildman–Crippen LogP) is 5.23. The highest BCUT2D eigenvalue weighted by molar-refractivity contribution is 5.57. The second-order valence-corrected chi connectivity index (χ2v) is 5.25. The minimum atomic E-state index is -4.46. The van der Waals surface area contributed by atoms with Gasteiger partial charge >= 0.3 is 6.18 Å². The summed E-state index contributed by atoms with van der Waals surface area (Å²) in [7, 11) is 0. The first kappa shape index (κ1) is 19.2. The van der Waals surface area contributed by atoms with E-state index in [2.05, 4.69) is 4.98 Å². The third kappa shape index (κ3) is 4.58. The monoisotopic (exact) mass is 328 g/mol. The Kier molecular flexibility index (Phi) is 6.38. The Morgan fingerprint density at radius 3 is 1.96 bits per heavy atom. The van der Waals surface area contributed by atoms with Crippen molar-refractivity contribution in [3.05, 3.63) is 41.7 Å². The molecule has 0 radical (unpaired) electrons. The Balaban J connectivity index is 0.00000127. The van der Waals surface area contributed by atoms with Crippen LogP contribution in [-0.4, -0.2) is 14.7 Å². The molecule has 0 amide bonds. The normalized spacial score (nSPS) is 12.8. The molecule has 0 bridgehead atoms. The molecule has 3 nitrogen and oxygen atoms in total. The summed E-state index contributed by atoms with van der Waals surface area (Å²) in [6.45, 7) is 9.23. The van der Waals surface area contributed by atoms with Gasteiger partial charge in [0.15, 0.2) is 5.69 Å². The molecule has 1 aromatic heterocycles. The van der Waals surface area contributed by atoms with Crippen molar-refractivity contribution in [2.24, 2.45) is 0 Å². The molecule has 0 aliphatic heterocycles. The van der Waals surface area contributed by atoms with Gasteiger partial charge in [-0.15, -0.1) is 0 Å².